The molecule has 0 spiro atoms. The molecule has 2 aromatic rings. The minimum Gasteiger partial charge on any atom is -0.306 e. The highest BCUT2D eigenvalue weighted by atomic mass is 35.5. The topological polar surface area (TPSA) is 12.0 Å². The maximum absolute atomic E-state index is 13.4. The number of hydrogen-bond acceptors (Lipinski definition) is 1. The number of rotatable bonds is 5. The second-order valence-electron chi connectivity index (χ2n) is 4.46. The molecule has 0 saturated heterocycles. The molecule has 0 aliphatic rings. The van der Waals surface area contributed by atoms with Gasteiger partial charge in [-0.25, -0.2) is 4.39 Å². The first kappa shape index (κ1) is 14.0. The van der Waals surface area contributed by atoms with E-state index in [9.17, 15) is 4.39 Å². The Balaban J connectivity index is 2.38. The van der Waals surface area contributed by atoms with Crippen molar-refractivity contribution in [3.63, 3.8) is 0 Å². The molecule has 3 heteroatoms. The zero-order valence-corrected chi connectivity index (χ0v) is 11.6. The highest BCUT2D eigenvalue weighted by Gasteiger charge is 2.16. The van der Waals surface area contributed by atoms with Crippen LogP contribution in [0.2, 0.25) is 5.02 Å². The Kier molecular flexibility index (Phi) is 4.94. The van der Waals surface area contributed by atoms with Crippen molar-refractivity contribution in [3.05, 3.63) is 70.5 Å². The predicted molar refractivity (Wildman–Crippen MR) is 78.0 cm³/mol. The van der Waals surface area contributed by atoms with E-state index in [4.69, 9.17) is 11.6 Å². The molecule has 0 radical (unpaired) electrons. The SMILES string of the molecule is CCCNC(c1cccc(F)c1)c1ccccc1Cl. The fourth-order valence-electron chi connectivity index (χ4n) is 2.09. The first-order chi connectivity index (χ1) is 9.22. The van der Waals surface area contributed by atoms with Crippen LogP contribution in [0.25, 0.3) is 0 Å². The number of hydrogen-bond donors (Lipinski definition) is 1. The summed E-state index contributed by atoms with van der Waals surface area (Å²) in [5.74, 6) is -0.229. The molecule has 100 valence electrons. The van der Waals surface area contributed by atoms with E-state index in [0.29, 0.717) is 5.02 Å². The lowest BCUT2D eigenvalue weighted by Gasteiger charge is -2.20. The van der Waals surface area contributed by atoms with Crippen molar-refractivity contribution in [3.8, 4) is 0 Å². The smallest absolute Gasteiger partial charge is 0.123 e. The van der Waals surface area contributed by atoms with Crippen LogP contribution in [0, 0.1) is 5.82 Å². The molecule has 0 aromatic heterocycles. The van der Waals surface area contributed by atoms with E-state index in [1.54, 1.807) is 12.1 Å². The van der Waals surface area contributed by atoms with Gasteiger partial charge in [0.1, 0.15) is 5.82 Å². The van der Waals surface area contributed by atoms with Crippen LogP contribution in [-0.4, -0.2) is 6.54 Å². The van der Waals surface area contributed by atoms with Crippen LogP contribution in [0.1, 0.15) is 30.5 Å². The first-order valence-corrected chi connectivity index (χ1v) is 6.83. The van der Waals surface area contributed by atoms with Crippen LogP contribution in [0.5, 0.6) is 0 Å². The lowest BCUT2D eigenvalue weighted by atomic mass is 9.98. The molecule has 0 bridgehead atoms. The van der Waals surface area contributed by atoms with Crippen LogP contribution < -0.4 is 5.32 Å². The molecule has 0 fully saturated rings. The molecule has 2 rings (SSSR count). The van der Waals surface area contributed by atoms with Crippen LogP contribution >= 0.6 is 11.6 Å². The highest BCUT2D eigenvalue weighted by molar-refractivity contribution is 6.31. The van der Waals surface area contributed by atoms with Gasteiger partial charge in [0.25, 0.3) is 0 Å². The van der Waals surface area contributed by atoms with Gasteiger partial charge in [-0.05, 0) is 42.3 Å². The quantitative estimate of drug-likeness (QED) is 0.844. The standard InChI is InChI=1S/C16H17ClFN/c1-2-10-19-16(12-6-5-7-13(18)11-12)14-8-3-4-9-15(14)17/h3-9,11,16,19H,2,10H2,1H3. The molecular weight excluding hydrogens is 261 g/mol. The molecule has 0 aliphatic carbocycles. The van der Waals surface area contributed by atoms with E-state index < -0.39 is 0 Å². The van der Waals surface area contributed by atoms with Gasteiger partial charge < -0.3 is 5.32 Å². The molecule has 19 heavy (non-hydrogen) atoms. The molecule has 2 aromatic carbocycles. The van der Waals surface area contributed by atoms with Crippen molar-refractivity contribution in [2.45, 2.75) is 19.4 Å². The van der Waals surface area contributed by atoms with Crippen molar-refractivity contribution in [2.24, 2.45) is 0 Å². The third-order valence-electron chi connectivity index (χ3n) is 3.00. The Hall–Kier alpha value is -1.38. The summed E-state index contributed by atoms with van der Waals surface area (Å²) in [6.45, 7) is 2.95. The van der Waals surface area contributed by atoms with Gasteiger partial charge in [0.15, 0.2) is 0 Å². The number of nitrogens with one attached hydrogen (secondary N) is 1. The number of benzene rings is 2. The zero-order chi connectivity index (χ0) is 13.7. The van der Waals surface area contributed by atoms with Crippen LogP contribution in [-0.2, 0) is 0 Å². The second kappa shape index (κ2) is 6.69. The summed E-state index contributed by atoms with van der Waals surface area (Å²) < 4.78 is 13.4. The zero-order valence-electron chi connectivity index (χ0n) is 10.9. The van der Waals surface area contributed by atoms with E-state index in [-0.39, 0.29) is 11.9 Å². The fourth-order valence-corrected chi connectivity index (χ4v) is 2.34. The molecule has 1 unspecified atom stereocenters. The van der Waals surface area contributed by atoms with Crippen LogP contribution in [0.3, 0.4) is 0 Å². The second-order valence-corrected chi connectivity index (χ2v) is 4.87. The monoisotopic (exact) mass is 277 g/mol. The van der Waals surface area contributed by atoms with Gasteiger partial charge in [0, 0.05) is 5.02 Å². The van der Waals surface area contributed by atoms with Crippen LogP contribution in [0.15, 0.2) is 48.5 Å². The van der Waals surface area contributed by atoms with E-state index >= 15 is 0 Å². The molecule has 1 nitrogen and oxygen atoms in total. The van der Waals surface area contributed by atoms with Gasteiger partial charge in [-0.15, -0.1) is 0 Å². The van der Waals surface area contributed by atoms with Gasteiger partial charge in [-0.3, -0.25) is 0 Å². The van der Waals surface area contributed by atoms with Gasteiger partial charge >= 0.3 is 0 Å². The minimum atomic E-state index is -0.229. The Morgan fingerprint density at radius 2 is 1.95 bits per heavy atom. The first-order valence-electron chi connectivity index (χ1n) is 6.45. The maximum Gasteiger partial charge on any atom is 0.123 e. The van der Waals surface area contributed by atoms with Crippen molar-refractivity contribution >= 4 is 11.6 Å². The maximum atomic E-state index is 13.4. The third-order valence-corrected chi connectivity index (χ3v) is 3.34. The summed E-state index contributed by atoms with van der Waals surface area (Å²) in [5, 5.41) is 4.11. The highest BCUT2D eigenvalue weighted by Crippen LogP contribution is 2.28. The predicted octanol–water partition coefficient (Wildman–Crippen LogP) is 4.57. The Morgan fingerprint density at radius 1 is 1.16 bits per heavy atom. The molecule has 0 amide bonds. The summed E-state index contributed by atoms with van der Waals surface area (Å²) in [6, 6.07) is 14.2. The summed E-state index contributed by atoms with van der Waals surface area (Å²) in [6.07, 6.45) is 1.01. The van der Waals surface area contributed by atoms with Gasteiger partial charge in [-0.1, -0.05) is 48.9 Å². The Bertz CT molecular complexity index is 542. The van der Waals surface area contributed by atoms with Crippen molar-refractivity contribution < 1.29 is 4.39 Å². The Labute approximate surface area is 118 Å². The van der Waals surface area contributed by atoms with Crippen molar-refractivity contribution in [1.82, 2.24) is 5.32 Å². The van der Waals surface area contributed by atoms with Crippen LogP contribution in [0.4, 0.5) is 4.39 Å². The average Bonchev–Trinajstić information content (AvgIpc) is 2.41. The minimum absolute atomic E-state index is 0.0793. The summed E-state index contributed by atoms with van der Waals surface area (Å²) in [4.78, 5) is 0. The Morgan fingerprint density at radius 3 is 2.63 bits per heavy atom. The van der Waals surface area contributed by atoms with E-state index in [1.165, 1.54) is 6.07 Å². The largest absolute Gasteiger partial charge is 0.306 e. The summed E-state index contributed by atoms with van der Waals surface area (Å²) in [7, 11) is 0. The number of halogens is 2. The van der Waals surface area contributed by atoms with Crippen molar-refractivity contribution in [2.75, 3.05) is 6.54 Å². The molecule has 0 heterocycles. The van der Waals surface area contributed by atoms with Gasteiger partial charge in [0.05, 0.1) is 6.04 Å². The summed E-state index contributed by atoms with van der Waals surface area (Å²) >= 11 is 6.25. The third kappa shape index (κ3) is 3.55. The normalized spacial score (nSPS) is 12.4. The lowest BCUT2D eigenvalue weighted by molar-refractivity contribution is 0.585. The fraction of sp³-hybridized carbons (Fsp3) is 0.250. The summed E-state index contributed by atoms with van der Waals surface area (Å²) in [5.41, 5.74) is 1.87. The van der Waals surface area contributed by atoms with E-state index in [1.807, 2.05) is 30.3 Å². The average molecular weight is 278 g/mol. The van der Waals surface area contributed by atoms with Gasteiger partial charge in [0.2, 0.25) is 0 Å². The molecule has 1 atom stereocenters. The van der Waals surface area contributed by atoms with E-state index in [0.717, 1.165) is 24.1 Å². The molecular formula is C16H17ClFN. The van der Waals surface area contributed by atoms with E-state index in [2.05, 4.69) is 12.2 Å². The lowest BCUT2D eigenvalue weighted by Crippen LogP contribution is -2.23. The van der Waals surface area contributed by atoms with Crippen molar-refractivity contribution in [1.29, 1.82) is 0 Å². The molecule has 0 saturated carbocycles. The van der Waals surface area contributed by atoms with Gasteiger partial charge in [-0.2, -0.15) is 0 Å². The molecule has 0 aliphatic heterocycles. The molecule has 1 N–H and O–H groups in total.